The van der Waals surface area contributed by atoms with E-state index < -0.39 is 75.2 Å². The highest BCUT2D eigenvalue weighted by Gasteiger charge is 2.50. The summed E-state index contributed by atoms with van der Waals surface area (Å²) in [6, 6.07) is 4.96. The molecule has 1 aliphatic rings. The first-order chi connectivity index (χ1) is 26.5. The highest BCUT2D eigenvalue weighted by atomic mass is 28.4. The van der Waals surface area contributed by atoms with Crippen LogP contribution in [0.2, 0.25) is 72.5 Å². The number of aliphatic hydroxyl groups excluding tert-OH is 2. The van der Waals surface area contributed by atoms with Gasteiger partial charge in [-0.25, -0.2) is 4.79 Å². The fourth-order valence-corrected chi connectivity index (χ4v) is 13.7. The number of carbonyl (C=O) groups is 1. The summed E-state index contributed by atoms with van der Waals surface area (Å²) in [6.07, 6.45) is -1.98. The van der Waals surface area contributed by atoms with Gasteiger partial charge in [0.1, 0.15) is 17.1 Å². The maximum atomic E-state index is 14.1. The molecule has 2 rings (SSSR count). The minimum absolute atomic E-state index is 0.0758. The molecule has 1 aromatic rings. The topological polar surface area (TPSA) is 113 Å². The van der Waals surface area contributed by atoms with Gasteiger partial charge in [-0.1, -0.05) is 104 Å². The lowest BCUT2D eigenvalue weighted by atomic mass is 9.74. The van der Waals surface area contributed by atoms with Crippen molar-refractivity contribution in [3.63, 3.8) is 0 Å². The third kappa shape index (κ3) is 12.6. The van der Waals surface area contributed by atoms with Crippen LogP contribution in [0.4, 0.5) is 0 Å². The van der Waals surface area contributed by atoms with Gasteiger partial charge in [0.2, 0.25) is 8.32 Å². The van der Waals surface area contributed by atoms with Crippen LogP contribution in [0.1, 0.15) is 138 Å². The molecule has 0 spiro atoms. The zero-order chi connectivity index (χ0) is 46.1. The highest BCUT2D eigenvalue weighted by molar-refractivity contribution is 6.75. The van der Waals surface area contributed by atoms with Crippen molar-refractivity contribution >= 4 is 39.2 Å². The molecule has 2 N–H and O–H groups in total. The predicted octanol–water partition coefficient (Wildman–Crippen LogP) is 12.4. The standard InChI is InChI=1S/C46H90O9Si4/c1-24-59(25-2,26-3)55-39-30-40(48)51-38(46(39,15)16)28-34(47)32(5)35(52-56(18,19)43(6,7)8)27-33-31(4)36(53-57(20,21)44(9,10)11)29-37(41(33)42(49)50-17)54-58(22,23)45(12,13)14/h29,32,34-35,38-40,47-48H,24-28,30H2,1-23H3/t32-,34+,35-,38-,39-,40?/m1/s1. The van der Waals surface area contributed by atoms with Crippen molar-refractivity contribution in [2.24, 2.45) is 11.3 Å². The molecule has 1 heterocycles. The predicted molar refractivity (Wildman–Crippen MR) is 255 cm³/mol. The zero-order valence-corrected chi connectivity index (χ0v) is 46.0. The van der Waals surface area contributed by atoms with Crippen molar-refractivity contribution in [1.29, 1.82) is 0 Å². The van der Waals surface area contributed by atoms with E-state index in [0.717, 1.165) is 29.3 Å². The lowest BCUT2D eigenvalue weighted by Gasteiger charge is -2.50. The second-order valence-electron chi connectivity index (χ2n) is 22.8. The van der Waals surface area contributed by atoms with E-state index in [1.807, 2.05) is 19.9 Å². The number of methoxy groups -OCH3 is 1. The summed E-state index contributed by atoms with van der Waals surface area (Å²) < 4.78 is 40.4. The van der Waals surface area contributed by atoms with Crippen molar-refractivity contribution in [2.45, 2.75) is 233 Å². The summed E-state index contributed by atoms with van der Waals surface area (Å²) in [5.74, 6) is 0.311. The lowest BCUT2D eigenvalue weighted by Crippen LogP contribution is -2.56. The SMILES string of the molecule is CC[Si](CC)(CC)O[C@@H]1CC(O)O[C@H](C[C@H](O)[C@@H](C)[C@@H](Cc2c(C)c(O[Si](C)(C)C(C)(C)C)cc(O[Si](C)(C)C(C)(C)C)c2C(=O)OC)O[Si](C)(C)C(C)(C)C)C1(C)C. The number of carbonyl (C=O) groups excluding carboxylic acids is 1. The van der Waals surface area contributed by atoms with Crippen LogP contribution in [0, 0.1) is 18.3 Å². The second kappa shape index (κ2) is 19.4. The van der Waals surface area contributed by atoms with Gasteiger partial charge in [-0.3, -0.25) is 0 Å². The van der Waals surface area contributed by atoms with E-state index in [4.69, 9.17) is 27.2 Å². The smallest absolute Gasteiger partial charge is 0.341 e. The average Bonchev–Trinajstić information content (AvgIpc) is 3.08. The van der Waals surface area contributed by atoms with Crippen molar-refractivity contribution < 1.29 is 42.2 Å². The maximum absolute atomic E-state index is 14.1. The van der Waals surface area contributed by atoms with Crippen LogP contribution in [0.3, 0.4) is 0 Å². The van der Waals surface area contributed by atoms with Crippen LogP contribution >= 0.6 is 0 Å². The molecule has 0 aromatic heterocycles. The van der Waals surface area contributed by atoms with E-state index in [1.165, 1.54) is 7.11 Å². The largest absolute Gasteiger partial charge is 0.543 e. The Morgan fingerprint density at radius 3 is 1.73 bits per heavy atom. The Bertz CT molecular complexity index is 1540. The Balaban J connectivity index is 2.87. The van der Waals surface area contributed by atoms with Gasteiger partial charge in [-0.15, -0.1) is 0 Å². The Morgan fingerprint density at radius 1 is 0.847 bits per heavy atom. The molecule has 13 heteroatoms. The van der Waals surface area contributed by atoms with Crippen LogP contribution in [0.5, 0.6) is 11.5 Å². The molecule has 1 aliphatic heterocycles. The fourth-order valence-electron chi connectivity index (χ4n) is 7.16. The molecular formula is C46H90O9Si4. The van der Waals surface area contributed by atoms with Crippen LogP contribution < -0.4 is 8.85 Å². The van der Waals surface area contributed by atoms with Gasteiger partial charge in [0, 0.05) is 30.2 Å². The molecule has 344 valence electrons. The molecule has 9 nitrogen and oxygen atoms in total. The number of ether oxygens (including phenoxy) is 2. The van der Waals surface area contributed by atoms with Gasteiger partial charge >= 0.3 is 5.97 Å². The molecule has 1 saturated heterocycles. The van der Waals surface area contributed by atoms with E-state index in [0.29, 0.717) is 36.3 Å². The van der Waals surface area contributed by atoms with Crippen LogP contribution in [0.25, 0.3) is 0 Å². The van der Waals surface area contributed by atoms with E-state index in [1.54, 1.807) is 0 Å². The third-order valence-corrected chi connectivity index (χ3v) is 33.2. The summed E-state index contributed by atoms with van der Waals surface area (Å²) in [4.78, 5) is 14.1. The maximum Gasteiger partial charge on any atom is 0.341 e. The first kappa shape index (κ1) is 54.1. The van der Waals surface area contributed by atoms with Crippen molar-refractivity contribution in [3.05, 3.63) is 22.8 Å². The van der Waals surface area contributed by atoms with Crippen LogP contribution in [0.15, 0.2) is 6.07 Å². The lowest BCUT2D eigenvalue weighted by molar-refractivity contribution is -0.243. The van der Waals surface area contributed by atoms with Gasteiger partial charge in [0.05, 0.1) is 31.5 Å². The van der Waals surface area contributed by atoms with Crippen molar-refractivity contribution in [2.75, 3.05) is 7.11 Å². The Labute approximate surface area is 365 Å². The Kier molecular flexibility index (Phi) is 17.8. The first-order valence-corrected chi connectivity index (χ1v) is 33.7. The van der Waals surface area contributed by atoms with Gasteiger partial charge in [-0.2, -0.15) is 0 Å². The number of hydrogen-bond donors (Lipinski definition) is 2. The monoisotopic (exact) mass is 899 g/mol. The number of benzene rings is 1. The van der Waals surface area contributed by atoms with Crippen molar-refractivity contribution in [3.8, 4) is 11.5 Å². The summed E-state index contributed by atoms with van der Waals surface area (Å²) in [6.45, 7) is 48.2. The zero-order valence-electron chi connectivity index (χ0n) is 42.0. The van der Waals surface area contributed by atoms with Crippen LogP contribution in [-0.2, 0) is 24.7 Å². The van der Waals surface area contributed by atoms with Gasteiger partial charge in [-0.05, 0) is 97.0 Å². The molecule has 1 aromatic carbocycles. The van der Waals surface area contributed by atoms with E-state index in [9.17, 15) is 15.0 Å². The summed E-state index contributed by atoms with van der Waals surface area (Å²) >= 11 is 0. The van der Waals surface area contributed by atoms with E-state index >= 15 is 0 Å². The Hall–Kier alpha value is -1.04. The Morgan fingerprint density at radius 2 is 1.31 bits per heavy atom. The van der Waals surface area contributed by atoms with Gasteiger partial charge in [0.25, 0.3) is 8.32 Å². The molecule has 6 atom stereocenters. The fraction of sp³-hybridized carbons (Fsp3) is 0.848. The second-order valence-corrected chi connectivity index (χ2v) is 41.8. The molecule has 0 aliphatic carbocycles. The molecule has 0 saturated carbocycles. The number of aliphatic hydroxyl groups is 2. The van der Waals surface area contributed by atoms with Crippen LogP contribution in [-0.4, -0.2) is 87.3 Å². The third-order valence-electron chi connectivity index (χ3n) is 15.4. The minimum atomic E-state index is -2.47. The van der Waals surface area contributed by atoms with E-state index in [2.05, 4.69) is 136 Å². The minimum Gasteiger partial charge on any atom is -0.543 e. The summed E-state index contributed by atoms with van der Waals surface area (Å²) in [5.41, 5.74) is 1.52. The molecule has 0 amide bonds. The van der Waals surface area contributed by atoms with Gasteiger partial charge in [0.15, 0.2) is 22.9 Å². The summed E-state index contributed by atoms with van der Waals surface area (Å²) in [5, 5.41) is 23.1. The normalized spacial score (nSPS) is 21.5. The highest BCUT2D eigenvalue weighted by Crippen LogP contribution is 2.47. The molecule has 1 unspecified atom stereocenters. The number of esters is 1. The van der Waals surface area contributed by atoms with E-state index in [-0.39, 0.29) is 21.2 Å². The molecule has 1 fully saturated rings. The molecule has 0 bridgehead atoms. The quantitative estimate of drug-likeness (QED) is 0.110. The number of rotatable bonds is 18. The summed E-state index contributed by atoms with van der Waals surface area (Å²) in [7, 11) is -7.87. The molecular weight excluding hydrogens is 809 g/mol. The number of hydrogen-bond acceptors (Lipinski definition) is 9. The average molecular weight is 900 g/mol. The molecule has 0 radical (unpaired) electrons. The van der Waals surface area contributed by atoms with Gasteiger partial charge < -0.3 is 37.4 Å². The van der Waals surface area contributed by atoms with Crippen molar-refractivity contribution in [1.82, 2.24) is 0 Å². The molecule has 59 heavy (non-hydrogen) atoms. The first-order valence-electron chi connectivity index (χ1n) is 22.5.